The zero-order valence-corrected chi connectivity index (χ0v) is 12.7. The van der Waals surface area contributed by atoms with E-state index >= 15 is 0 Å². The molecule has 0 bridgehead atoms. The number of hydrogen-bond acceptors (Lipinski definition) is 4. The fraction of sp³-hybridized carbons (Fsp3) is 0.0714. The van der Waals surface area contributed by atoms with Crippen molar-refractivity contribution < 1.29 is 9.53 Å². The van der Waals surface area contributed by atoms with Crippen LogP contribution < -0.4 is 0 Å². The van der Waals surface area contributed by atoms with Crippen molar-refractivity contribution >= 4 is 39.6 Å². The Hall–Kier alpha value is -1.96. The maximum absolute atomic E-state index is 11.9. The highest BCUT2D eigenvalue weighted by Crippen LogP contribution is 2.25. The van der Waals surface area contributed by atoms with E-state index in [1.165, 1.54) is 7.11 Å². The van der Waals surface area contributed by atoms with Crippen LogP contribution in [0.5, 0.6) is 0 Å². The molecule has 3 aromatic rings. The summed E-state index contributed by atoms with van der Waals surface area (Å²) in [6, 6.07) is 13.1. The van der Waals surface area contributed by atoms with Gasteiger partial charge in [-0.1, -0.05) is 23.4 Å². The van der Waals surface area contributed by atoms with Crippen LogP contribution >= 0.6 is 22.6 Å². The Morgan fingerprint density at radius 2 is 2.00 bits per heavy atom. The third-order valence-corrected chi connectivity index (χ3v) is 3.83. The molecule has 0 fully saturated rings. The molecule has 1 aromatic heterocycles. The summed E-state index contributed by atoms with van der Waals surface area (Å²) in [7, 11) is 1.37. The highest BCUT2D eigenvalue weighted by atomic mass is 127. The largest absolute Gasteiger partial charge is 0.465 e. The van der Waals surface area contributed by atoms with Crippen molar-refractivity contribution in [1.29, 1.82) is 0 Å². The molecule has 0 amide bonds. The van der Waals surface area contributed by atoms with Crippen molar-refractivity contribution in [1.82, 2.24) is 15.0 Å². The monoisotopic (exact) mass is 379 g/mol. The first-order valence-corrected chi connectivity index (χ1v) is 6.98. The van der Waals surface area contributed by atoms with Crippen molar-refractivity contribution in [2.75, 3.05) is 7.11 Å². The third kappa shape index (κ3) is 2.05. The highest BCUT2D eigenvalue weighted by molar-refractivity contribution is 14.1. The van der Waals surface area contributed by atoms with Crippen LogP contribution in [0.1, 0.15) is 10.4 Å². The molecule has 100 valence electrons. The Balaban J connectivity index is 2.31. The standard InChI is InChI=1S/C14H10IN3O2/c1-20-14(19)9-5-4-6-10(15)13(9)18-12-8-3-2-7-11(12)16-17-18/h2-8H,1H3. The summed E-state index contributed by atoms with van der Waals surface area (Å²) in [5.74, 6) is -0.391. The molecular formula is C14H10IN3O2. The molecule has 5 nitrogen and oxygen atoms in total. The molecule has 20 heavy (non-hydrogen) atoms. The molecule has 0 spiro atoms. The van der Waals surface area contributed by atoms with Gasteiger partial charge in [-0.25, -0.2) is 9.48 Å². The Morgan fingerprint density at radius 1 is 1.20 bits per heavy atom. The van der Waals surface area contributed by atoms with Gasteiger partial charge in [0.05, 0.1) is 23.9 Å². The van der Waals surface area contributed by atoms with Gasteiger partial charge in [-0.3, -0.25) is 0 Å². The van der Waals surface area contributed by atoms with Crippen LogP contribution in [-0.4, -0.2) is 28.1 Å². The third-order valence-electron chi connectivity index (χ3n) is 2.96. The van der Waals surface area contributed by atoms with Gasteiger partial charge in [0.1, 0.15) is 5.52 Å². The topological polar surface area (TPSA) is 57.0 Å². The Labute approximate surface area is 128 Å². The highest BCUT2D eigenvalue weighted by Gasteiger charge is 2.18. The maximum Gasteiger partial charge on any atom is 0.340 e. The number of aromatic nitrogens is 3. The first-order valence-electron chi connectivity index (χ1n) is 5.90. The lowest BCUT2D eigenvalue weighted by Gasteiger charge is -2.10. The smallest absolute Gasteiger partial charge is 0.340 e. The van der Waals surface area contributed by atoms with E-state index in [-0.39, 0.29) is 0 Å². The van der Waals surface area contributed by atoms with Gasteiger partial charge in [-0.2, -0.15) is 0 Å². The molecule has 0 atom stereocenters. The number of nitrogens with zero attached hydrogens (tertiary/aromatic N) is 3. The van der Waals surface area contributed by atoms with Gasteiger partial charge in [-0.15, -0.1) is 5.10 Å². The number of fused-ring (bicyclic) bond motifs is 1. The lowest BCUT2D eigenvalue weighted by atomic mass is 10.1. The molecule has 2 aromatic carbocycles. The average Bonchev–Trinajstić information content (AvgIpc) is 2.90. The average molecular weight is 379 g/mol. The van der Waals surface area contributed by atoms with Crippen molar-refractivity contribution in [3.05, 3.63) is 51.6 Å². The minimum absolute atomic E-state index is 0.391. The summed E-state index contributed by atoms with van der Waals surface area (Å²) in [4.78, 5) is 11.9. The molecule has 0 N–H and O–H groups in total. The van der Waals surface area contributed by atoms with Crippen molar-refractivity contribution in [2.24, 2.45) is 0 Å². The molecule has 0 saturated heterocycles. The van der Waals surface area contributed by atoms with E-state index in [1.54, 1.807) is 10.7 Å². The van der Waals surface area contributed by atoms with E-state index in [2.05, 4.69) is 32.9 Å². The van der Waals surface area contributed by atoms with Crippen LogP contribution in [-0.2, 0) is 4.74 Å². The predicted octanol–water partition coefficient (Wildman–Crippen LogP) is 2.81. The molecule has 0 aliphatic carbocycles. The lowest BCUT2D eigenvalue weighted by Crippen LogP contribution is -2.10. The number of rotatable bonds is 2. The van der Waals surface area contributed by atoms with Crippen LogP contribution in [0.2, 0.25) is 0 Å². The van der Waals surface area contributed by atoms with E-state index in [0.717, 1.165) is 14.6 Å². The normalized spacial score (nSPS) is 10.7. The quantitative estimate of drug-likeness (QED) is 0.508. The van der Waals surface area contributed by atoms with E-state index in [0.29, 0.717) is 11.3 Å². The van der Waals surface area contributed by atoms with Gasteiger partial charge in [0.25, 0.3) is 0 Å². The molecule has 3 rings (SSSR count). The van der Waals surface area contributed by atoms with E-state index in [1.807, 2.05) is 36.4 Å². The molecule has 0 aliphatic rings. The van der Waals surface area contributed by atoms with E-state index in [4.69, 9.17) is 4.74 Å². The van der Waals surface area contributed by atoms with Crippen molar-refractivity contribution in [3.63, 3.8) is 0 Å². The summed E-state index contributed by atoms with van der Waals surface area (Å²) in [5.41, 5.74) is 2.79. The fourth-order valence-electron chi connectivity index (χ4n) is 2.04. The maximum atomic E-state index is 11.9. The number of halogens is 1. The van der Waals surface area contributed by atoms with Crippen LogP contribution in [0.3, 0.4) is 0 Å². The molecule has 1 heterocycles. The zero-order valence-electron chi connectivity index (χ0n) is 10.6. The number of methoxy groups -OCH3 is 1. The van der Waals surface area contributed by atoms with Crippen LogP contribution in [0.15, 0.2) is 42.5 Å². The second-order valence-corrected chi connectivity index (χ2v) is 5.28. The van der Waals surface area contributed by atoms with E-state index < -0.39 is 5.97 Å². The van der Waals surface area contributed by atoms with Crippen molar-refractivity contribution in [2.45, 2.75) is 0 Å². The molecule has 0 radical (unpaired) electrons. The molecule has 0 unspecified atom stereocenters. The number of hydrogen-bond donors (Lipinski definition) is 0. The number of benzene rings is 2. The number of esters is 1. The number of para-hydroxylation sites is 2. The summed E-state index contributed by atoms with van der Waals surface area (Å²) in [6.07, 6.45) is 0. The van der Waals surface area contributed by atoms with Crippen LogP contribution in [0.4, 0.5) is 0 Å². The summed E-state index contributed by atoms with van der Waals surface area (Å²) in [6.45, 7) is 0. The Morgan fingerprint density at radius 3 is 2.80 bits per heavy atom. The van der Waals surface area contributed by atoms with Gasteiger partial charge in [0, 0.05) is 3.57 Å². The first kappa shape index (κ1) is 13.0. The molecule has 0 aliphatic heterocycles. The fourth-order valence-corrected chi connectivity index (χ4v) is 2.77. The van der Waals surface area contributed by atoms with Crippen molar-refractivity contribution in [3.8, 4) is 5.69 Å². The van der Waals surface area contributed by atoms with Gasteiger partial charge < -0.3 is 4.74 Å². The van der Waals surface area contributed by atoms with Gasteiger partial charge >= 0.3 is 5.97 Å². The van der Waals surface area contributed by atoms with Gasteiger partial charge in [-0.05, 0) is 46.9 Å². The summed E-state index contributed by atoms with van der Waals surface area (Å²) >= 11 is 2.17. The zero-order chi connectivity index (χ0) is 14.1. The van der Waals surface area contributed by atoms with Gasteiger partial charge in [0.2, 0.25) is 0 Å². The van der Waals surface area contributed by atoms with Crippen LogP contribution in [0, 0.1) is 3.57 Å². The number of carbonyl (C=O) groups is 1. The molecule has 6 heteroatoms. The SMILES string of the molecule is COC(=O)c1cccc(I)c1-n1nnc2ccccc21. The lowest BCUT2D eigenvalue weighted by molar-refractivity contribution is 0.0600. The van der Waals surface area contributed by atoms with E-state index in [9.17, 15) is 4.79 Å². The minimum atomic E-state index is -0.391. The van der Waals surface area contributed by atoms with Crippen LogP contribution in [0.25, 0.3) is 16.7 Å². The summed E-state index contributed by atoms with van der Waals surface area (Å²) < 4.78 is 7.41. The number of ether oxygens (including phenoxy) is 1. The second-order valence-electron chi connectivity index (χ2n) is 4.12. The Bertz CT molecular complexity index is 798. The van der Waals surface area contributed by atoms with Gasteiger partial charge in [0.15, 0.2) is 0 Å². The molecular weight excluding hydrogens is 369 g/mol. The molecule has 0 saturated carbocycles. The first-order chi connectivity index (χ1) is 9.72. The second kappa shape index (κ2) is 5.20. The predicted molar refractivity (Wildman–Crippen MR) is 82.9 cm³/mol. The minimum Gasteiger partial charge on any atom is -0.465 e. The Kier molecular flexibility index (Phi) is 3.39. The number of carbonyl (C=O) groups excluding carboxylic acids is 1. The summed E-state index contributed by atoms with van der Waals surface area (Å²) in [5, 5.41) is 8.28.